The number of benzene rings is 1. The number of carbonyl (C=O) groups excluding carboxylic acids is 2. The lowest BCUT2D eigenvalue weighted by Gasteiger charge is -2.37. The summed E-state index contributed by atoms with van der Waals surface area (Å²) >= 11 is 0. The fraction of sp³-hybridized carbons (Fsp3) is 0.467. The Balaban J connectivity index is 2.07. The van der Waals surface area contributed by atoms with Gasteiger partial charge in [-0.25, -0.2) is 0 Å². The Hall–Kier alpha value is -1.68. The number of ether oxygens (including phenoxy) is 1. The zero-order valence-corrected chi connectivity index (χ0v) is 11.1. The topological polar surface area (TPSA) is 55.4 Å². The highest BCUT2D eigenvalue weighted by atomic mass is 16.5. The lowest BCUT2D eigenvalue weighted by molar-refractivity contribution is -0.174. The maximum absolute atomic E-state index is 12.3. The summed E-state index contributed by atoms with van der Waals surface area (Å²) in [5.41, 5.74) is 0.435. The molecule has 2 atom stereocenters. The standard InChI is InChI=1S/C15H17NO3/c1-9(2)13-7-10(17)8-15(19-13)11-5-3-4-6-12(11)16-14(15)18/h3-6,9,13H,7-8H2,1-2H3,(H,16,18)/t13-,15+/m1/s1. The third kappa shape index (κ3) is 1.78. The van der Waals surface area contributed by atoms with Crippen molar-refractivity contribution < 1.29 is 14.3 Å². The van der Waals surface area contributed by atoms with Crippen molar-refractivity contribution in [1.82, 2.24) is 0 Å². The number of amides is 1. The van der Waals surface area contributed by atoms with Gasteiger partial charge in [0, 0.05) is 24.1 Å². The third-order valence-corrected chi connectivity index (χ3v) is 3.95. The Kier molecular flexibility index (Phi) is 2.71. The number of hydrogen-bond acceptors (Lipinski definition) is 3. The number of nitrogens with one attached hydrogen (secondary N) is 1. The first-order valence-corrected chi connectivity index (χ1v) is 6.63. The molecule has 1 amide bonds. The minimum atomic E-state index is -1.11. The van der Waals surface area contributed by atoms with Gasteiger partial charge in [-0.05, 0) is 12.0 Å². The molecule has 4 heteroatoms. The summed E-state index contributed by atoms with van der Waals surface area (Å²) in [6.07, 6.45) is 0.339. The summed E-state index contributed by atoms with van der Waals surface area (Å²) in [6, 6.07) is 7.44. The van der Waals surface area contributed by atoms with Crippen LogP contribution in [0.1, 0.15) is 32.3 Å². The molecule has 0 aromatic heterocycles. The van der Waals surface area contributed by atoms with Crippen molar-refractivity contribution >= 4 is 17.4 Å². The maximum atomic E-state index is 12.3. The van der Waals surface area contributed by atoms with Gasteiger partial charge in [-0.15, -0.1) is 0 Å². The summed E-state index contributed by atoms with van der Waals surface area (Å²) in [6.45, 7) is 4.02. The van der Waals surface area contributed by atoms with E-state index in [2.05, 4.69) is 5.32 Å². The van der Waals surface area contributed by atoms with Crippen LogP contribution < -0.4 is 5.32 Å². The van der Waals surface area contributed by atoms with E-state index in [1.807, 2.05) is 38.1 Å². The van der Waals surface area contributed by atoms with Crippen LogP contribution in [-0.4, -0.2) is 17.8 Å². The Bertz CT molecular complexity index is 552. The van der Waals surface area contributed by atoms with Crippen LogP contribution in [0.15, 0.2) is 24.3 Å². The van der Waals surface area contributed by atoms with Gasteiger partial charge >= 0.3 is 0 Å². The van der Waals surface area contributed by atoms with E-state index in [0.717, 1.165) is 11.3 Å². The van der Waals surface area contributed by atoms with Crippen molar-refractivity contribution in [2.24, 2.45) is 5.92 Å². The maximum Gasteiger partial charge on any atom is 0.261 e. The molecule has 2 aliphatic heterocycles. The Labute approximate surface area is 112 Å². The van der Waals surface area contributed by atoms with Gasteiger partial charge in [0.15, 0.2) is 5.60 Å². The van der Waals surface area contributed by atoms with Gasteiger partial charge in [0.25, 0.3) is 5.91 Å². The van der Waals surface area contributed by atoms with E-state index < -0.39 is 5.60 Å². The van der Waals surface area contributed by atoms with Crippen molar-refractivity contribution in [2.75, 3.05) is 5.32 Å². The highest BCUT2D eigenvalue weighted by molar-refractivity contribution is 6.07. The minimum absolute atomic E-state index is 0.0943. The van der Waals surface area contributed by atoms with E-state index in [9.17, 15) is 9.59 Å². The first-order valence-electron chi connectivity index (χ1n) is 6.63. The number of ketones is 1. The zero-order valence-electron chi connectivity index (χ0n) is 11.1. The van der Waals surface area contributed by atoms with E-state index in [1.165, 1.54) is 0 Å². The summed E-state index contributed by atoms with van der Waals surface area (Å²) in [5, 5.41) is 2.82. The fourth-order valence-corrected chi connectivity index (χ4v) is 2.87. The SMILES string of the molecule is CC(C)[C@H]1CC(=O)C[C@@]2(O1)C(=O)Nc1ccccc12. The van der Waals surface area contributed by atoms with Crippen LogP contribution >= 0.6 is 0 Å². The molecular formula is C15H17NO3. The lowest BCUT2D eigenvalue weighted by Crippen LogP contribution is -2.48. The van der Waals surface area contributed by atoms with Gasteiger partial charge in [0.1, 0.15) is 5.78 Å². The zero-order chi connectivity index (χ0) is 13.6. The summed E-state index contributed by atoms with van der Waals surface area (Å²) in [4.78, 5) is 24.4. The van der Waals surface area contributed by atoms with E-state index in [1.54, 1.807) is 0 Å². The fourth-order valence-electron chi connectivity index (χ4n) is 2.87. The van der Waals surface area contributed by atoms with Crippen molar-refractivity contribution in [3.05, 3.63) is 29.8 Å². The van der Waals surface area contributed by atoms with Crippen LogP contribution in [0.4, 0.5) is 5.69 Å². The predicted molar refractivity (Wildman–Crippen MR) is 70.7 cm³/mol. The summed E-state index contributed by atoms with van der Waals surface area (Å²) in [7, 11) is 0. The molecule has 4 nitrogen and oxygen atoms in total. The molecule has 0 aliphatic carbocycles. The molecule has 0 unspecified atom stereocenters. The molecular weight excluding hydrogens is 242 g/mol. The average molecular weight is 259 g/mol. The third-order valence-electron chi connectivity index (χ3n) is 3.95. The van der Waals surface area contributed by atoms with E-state index >= 15 is 0 Å². The van der Waals surface area contributed by atoms with E-state index in [4.69, 9.17) is 4.74 Å². The molecule has 1 aromatic carbocycles. The van der Waals surface area contributed by atoms with Crippen LogP contribution in [0.2, 0.25) is 0 Å². The molecule has 1 fully saturated rings. The Morgan fingerprint density at radius 1 is 1.32 bits per heavy atom. The molecule has 3 rings (SSSR count). The molecule has 2 aliphatic rings. The quantitative estimate of drug-likeness (QED) is 0.841. The van der Waals surface area contributed by atoms with Gasteiger partial charge < -0.3 is 10.1 Å². The minimum Gasteiger partial charge on any atom is -0.356 e. The predicted octanol–water partition coefficient (Wildman–Crippen LogP) is 2.24. The lowest BCUT2D eigenvalue weighted by atomic mass is 9.83. The molecule has 100 valence electrons. The second-order valence-corrected chi connectivity index (χ2v) is 5.65. The van der Waals surface area contributed by atoms with Gasteiger partial charge in [-0.2, -0.15) is 0 Å². The number of rotatable bonds is 1. The molecule has 1 N–H and O–H groups in total. The highest BCUT2D eigenvalue weighted by Gasteiger charge is 2.53. The second-order valence-electron chi connectivity index (χ2n) is 5.65. The highest BCUT2D eigenvalue weighted by Crippen LogP contribution is 2.45. The molecule has 1 spiro atoms. The molecule has 2 heterocycles. The molecule has 0 saturated carbocycles. The smallest absolute Gasteiger partial charge is 0.261 e. The number of anilines is 1. The van der Waals surface area contributed by atoms with Crippen LogP contribution in [0.3, 0.4) is 0 Å². The molecule has 1 saturated heterocycles. The average Bonchev–Trinajstić information content (AvgIpc) is 2.62. The normalized spacial score (nSPS) is 29.7. The van der Waals surface area contributed by atoms with Crippen LogP contribution in [0.5, 0.6) is 0 Å². The number of fused-ring (bicyclic) bond motifs is 2. The monoisotopic (exact) mass is 259 g/mol. The van der Waals surface area contributed by atoms with E-state index in [0.29, 0.717) is 6.42 Å². The first kappa shape index (κ1) is 12.4. The summed E-state index contributed by atoms with van der Waals surface area (Å²) in [5.74, 6) is 0.0888. The second kappa shape index (κ2) is 4.17. The first-order chi connectivity index (χ1) is 9.03. The number of Topliss-reactive ketones (excluding diaryl/α,β-unsaturated/α-hetero) is 1. The number of carbonyl (C=O) groups is 2. The van der Waals surface area contributed by atoms with Crippen molar-refractivity contribution in [3.8, 4) is 0 Å². The molecule has 0 radical (unpaired) electrons. The molecule has 19 heavy (non-hydrogen) atoms. The van der Waals surface area contributed by atoms with Crippen molar-refractivity contribution in [1.29, 1.82) is 0 Å². The van der Waals surface area contributed by atoms with Crippen LogP contribution in [0, 0.1) is 5.92 Å². The van der Waals surface area contributed by atoms with E-state index in [-0.39, 0.29) is 30.1 Å². The molecule has 0 bridgehead atoms. The largest absolute Gasteiger partial charge is 0.356 e. The van der Waals surface area contributed by atoms with Gasteiger partial charge in [0.2, 0.25) is 0 Å². The van der Waals surface area contributed by atoms with Gasteiger partial charge in [-0.3, -0.25) is 9.59 Å². The number of hydrogen-bond donors (Lipinski definition) is 1. The van der Waals surface area contributed by atoms with Gasteiger partial charge in [-0.1, -0.05) is 32.0 Å². The van der Waals surface area contributed by atoms with Crippen molar-refractivity contribution in [3.63, 3.8) is 0 Å². The Morgan fingerprint density at radius 3 is 2.79 bits per heavy atom. The van der Waals surface area contributed by atoms with Crippen LogP contribution in [-0.2, 0) is 19.9 Å². The molecule has 1 aromatic rings. The summed E-state index contributed by atoms with van der Waals surface area (Å²) < 4.78 is 6.07. The Morgan fingerprint density at radius 2 is 2.05 bits per heavy atom. The van der Waals surface area contributed by atoms with Crippen molar-refractivity contribution in [2.45, 2.75) is 38.4 Å². The van der Waals surface area contributed by atoms with Gasteiger partial charge in [0.05, 0.1) is 6.10 Å². The number of para-hydroxylation sites is 1. The van der Waals surface area contributed by atoms with Crippen LogP contribution in [0.25, 0.3) is 0 Å².